The van der Waals surface area contributed by atoms with Gasteiger partial charge in [-0.15, -0.1) is 0 Å². The number of benzene rings is 1. The van der Waals surface area contributed by atoms with E-state index < -0.39 is 23.7 Å². The molecule has 0 amide bonds. The van der Waals surface area contributed by atoms with E-state index in [4.69, 9.17) is 11.0 Å². The second kappa shape index (κ2) is 6.48. The Kier molecular flexibility index (Phi) is 4.22. The predicted molar refractivity (Wildman–Crippen MR) is 94.4 cm³/mol. The van der Waals surface area contributed by atoms with Crippen LogP contribution in [0.15, 0.2) is 30.3 Å². The molecule has 0 spiro atoms. The average Bonchev–Trinajstić information content (AvgIpc) is 2.95. The summed E-state index contributed by atoms with van der Waals surface area (Å²) in [5.74, 6) is -2.98. The van der Waals surface area contributed by atoms with Gasteiger partial charge in [0.1, 0.15) is 17.4 Å². The Bertz CT molecular complexity index is 1010. The Morgan fingerprint density at radius 2 is 1.93 bits per heavy atom. The number of anilines is 1. The Labute approximate surface area is 158 Å². The first kappa shape index (κ1) is 18.2. The maximum Gasteiger partial charge on any atom is 0.293 e. The SMILES string of the molecule is N#C[C@H]1CCN1c1nc(-c2ccc(C(N)=C(F)F)cc2)c2c(n1)C(F)(F)CC2. The maximum absolute atomic E-state index is 14.4. The molecule has 1 aromatic heterocycles. The van der Waals surface area contributed by atoms with Crippen LogP contribution in [0.4, 0.5) is 23.5 Å². The molecular formula is C19H15F4N5. The van der Waals surface area contributed by atoms with Gasteiger partial charge in [0.15, 0.2) is 0 Å². The highest BCUT2D eigenvalue weighted by atomic mass is 19.3. The third kappa shape index (κ3) is 2.85. The van der Waals surface area contributed by atoms with Crippen molar-refractivity contribution in [3.63, 3.8) is 0 Å². The number of nitrogens with two attached hydrogens (primary N) is 1. The lowest BCUT2D eigenvalue weighted by molar-refractivity contribution is -0.00594. The topological polar surface area (TPSA) is 78.8 Å². The molecule has 2 N–H and O–H groups in total. The van der Waals surface area contributed by atoms with Gasteiger partial charge in [-0.05, 0) is 12.8 Å². The van der Waals surface area contributed by atoms with E-state index in [-0.39, 0.29) is 30.0 Å². The minimum atomic E-state index is -3.07. The second-order valence-electron chi connectivity index (χ2n) is 6.78. The zero-order chi connectivity index (χ0) is 20.1. The second-order valence-corrected chi connectivity index (χ2v) is 6.78. The molecule has 144 valence electrons. The predicted octanol–water partition coefficient (Wildman–Crippen LogP) is 3.81. The van der Waals surface area contributed by atoms with Gasteiger partial charge in [-0.25, -0.2) is 9.97 Å². The van der Waals surface area contributed by atoms with E-state index in [9.17, 15) is 17.6 Å². The van der Waals surface area contributed by atoms with Crippen LogP contribution in [0.5, 0.6) is 0 Å². The van der Waals surface area contributed by atoms with Crippen molar-refractivity contribution in [1.82, 2.24) is 9.97 Å². The van der Waals surface area contributed by atoms with Gasteiger partial charge in [0.05, 0.1) is 11.8 Å². The van der Waals surface area contributed by atoms with E-state index in [1.165, 1.54) is 24.3 Å². The molecule has 2 aliphatic rings. The molecule has 0 saturated carbocycles. The van der Waals surface area contributed by atoms with Crippen molar-refractivity contribution < 1.29 is 17.6 Å². The van der Waals surface area contributed by atoms with Crippen LogP contribution in [0, 0.1) is 11.3 Å². The fraction of sp³-hybridized carbons (Fsp3) is 0.316. The van der Waals surface area contributed by atoms with Gasteiger partial charge in [0.2, 0.25) is 5.95 Å². The number of fused-ring (bicyclic) bond motifs is 1. The molecule has 2 heterocycles. The molecule has 1 aliphatic heterocycles. The number of rotatable bonds is 3. The molecule has 28 heavy (non-hydrogen) atoms. The van der Waals surface area contributed by atoms with Crippen molar-refractivity contribution in [2.75, 3.05) is 11.4 Å². The molecule has 1 aromatic carbocycles. The summed E-state index contributed by atoms with van der Waals surface area (Å²) in [6.07, 6.45) is -1.62. The Balaban J connectivity index is 1.82. The summed E-state index contributed by atoms with van der Waals surface area (Å²) >= 11 is 0. The van der Waals surface area contributed by atoms with Crippen LogP contribution in [0.1, 0.15) is 29.7 Å². The van der Waals surface area contributed by atoms with Crippen LogP contribution in [-0.2, 0) is 12.3 Å². The summed E-state index contributed by atoms with van der Waals surface area (Å²) in [5.41, 5.74) is 5.69. The number of hydrogen-bond donors (Lipinski definition) is 1. The highest BCUT2D eigenvalue weighted by Crippen LogP contribution is 2.44. The Hall–Kier alpha value is -3.15. The molecule has 0 radical (unpaired) electrons. The van der Waals surface area contributed by atoms with Gasteiger partial charge in [0, 0.05) is 29.7 Å². The molecule has 1 fully saturated rings. The molecule has 0 bridgehead atoms. The number of halogens is 4. The van der Waals surface area contributed by atoms with Crippen molar-refractivity contribution in [1.29, 1.82) is 5.26 Å². The van der Waals surface area contributed by atoms with Crippen LogP contribution in [0.2, 0.25) is 0 Å². The number of aromatic nitrogens is 2. The van der Waals surface area contributed by atoms with E-state index in [0.29, 0.717) is 29.8 Å². The lowest BCUT2D eigenvalue weighted by atomic mass is 10.0. The molecular weight excluding hydrogens is 374 g/mol. The van der Waals surface area contributed by atoms with Gasteiger partial charge < -0.3 is 10.6 Å². The Morgan fingerprint density at radius 3 is 2.50 bits per heavy atom. The molecule has 1 aliphatic carbocycles. The van der Waals surface area contributed by atoms with Crippen molar-refractivity contribution in [3.05, 3.63) is 47.2 Å². The van der Waals surface area contributed by atoms with Crippen LogP contribution < -0.4 is 10.6 Å². The van der Waals surface area contributed by atoms with Crippen molar-refractivity contribution in [2.24, 2.45) is 5.73 Å². The van der Waals surface area contributed by atoms with Crippen molar-refractivity contribution in [3.8, 4) is 17.3 Å². The quantitative estimate of drug-likeness (QED) is 0.808. The van der Waals surface area contributed by atoms with E-state index in [2.05, 4.69) is 16.0 Å². The highest BCUT2D eigenvalue weighted by Gasteiger charge is 2.44. The number of nitriles is 1. The van der Waals surface area contributed by atoms with Gasteiger partial charge in [-0.3, -0.25) is 0 Å². The monoisotopic (exact) mass is 389 g/mol. The van der Waals surface area contributed by atoms with E-state index in [0.717, 1.165) is 0 Å². The average molecular weight is 389 g/mol. The molecule has 5 nitrogen and oxygen atoms in total. The highest BCUT2D eigenvalue weighted by molar-refractivity contribution is 5.71. The lowest BCUT2D eigenvalue weighted by Crippen LogP contribution is -2.48. The zero-order valence-electron chi connectivity index (χ0n) is 14.6. The summed E-state index contributed by atoms with van der Waals surface area (Å²) < 4.78 is 54.1. The minimum absolute atomic E-state index is 0.0893. The number of nitrogens with zero attached hydrogens (tertiary/aromatic N) is 4. The first-order valence-corrected chi connectivity index (χ1v) is 8.69. The van der Waals surface area contributed by atoms with E-state index >= 15 is 0 Å². The lowest BCUT2D eigenvalue weighted by Gasteiger charge is -2.36. The first-order chi connectivity index (χ1) is 13.3. The first-order valence-electron chi connectivity index (χ1n) is 8.69. The molecule has 1 atom stereocenters. The summed E-state index contributed by atoms with van der Waals surface area (Å²) in [7, 11) is 0. The maximum atomic E-state index is 14.4. The molecule has 1 saturated heterocycles. The smallest absolute Gasteiger partial charge is 0.293 e. The normalized spacial score (nSPS) is 19.5. The van der Waals surface area contributed by atoms with Gasteiger partial charge >= 0.3 is 0 Å². The molecule has 2 aromatic rings. The van der Waals surface area contributed by atoms with Gasteiger partial charge in [-0.2, -0.15) is 22.8 Å². The van der Waals surface area contributed by atoms with Crippen LogP contribution >= 0.6 is 0 Å². The molecule has 4 rings (SSSR count). The number of hydrogen-bond acceptors (Lipinski definition) is 5. The van der Waals surface area contributed by atoms with Crippen LogP contribution in [0.3, 0.4) is 0 Å². The fourth-order valence-electron chi connectivity index (χ4n) is 3.46. The fourth-order valence-corrected chi connectivity index (χ4v) is 3.46. The van der Waals surface area contributed by atoms with Gasteiger partial charge in [-0.1, -0.05) is 24.3 Å². The summed E-state index contributed by atoms with van der Waals surface area (Å²) in [4.78, 5) is 10.1. The van der Waals surface area contributed by atoms with Crippen LogP contribution in [-0.4, -0.2) is 22.6 Å². The molecule has 0 unspecified atom stereocenters. The van der Waals surface area contributed by atoms with Crippen molar-refractivity contribution in [2.45, 2.75) is 31.2 Å². The van der Waals surface area contributed by atoms with Crippen LogP contribution in [0.25, 0.3) is 17.0 Å². The zero-order valence-corrected chi connectivity index (χ0v) is 14.6. The van der Waals surface area contributed by atoms with Crippen molar-refractivity contribution >= 4 is 11.6 Å². The third-order valence-electron chi connectivity index (χ3n) is 5.13. The summed E-state index contributed by atoms with van der Waals surface area (Å²) in [5, 5.41) is 9.15. The summed E-state index contributed by atoms with van der Waals surface area (Å²) in [6.45, 7) is 0.512. The largest absolute Gasteiger partial charge is 0.394 e. The summed E-state index contributed by atoms with van der Waals surface area (Å²) in [6, 6.07) is 7.48. The standard InChI is InChI=1S/C19H15F4N5/c20-17(21)14(25)10-1-3-11(4-2-10)15-13-5-7-19(22,23)16(13)27-18(26-15)28-8-6-12(28)9-24/h1-4,12H,5-8,25H2/t12-/m1/s1. The minimum Gasteiger partial charge on any atom is -0.394 e. The Morgan fingerprint density at radius 1 is 1.21 bits per heavy atom. The molecule has 9 heteroatoms. The number of alkyl halides is 2. The third-order valence-corrected chi connectivity index (χ3v) is 5.13. The van der Waals surface area contributed by atoms with E-state index in [1.807, 2.05) is 0 Å². The van der Waals surface area contributed by atoms with E-state index in [1.54, 1.807) is 4.90 Å². The van der Waals surface area contributed by atoms with Gasteiger partial charge in [0.25, 0.3) is 12.0 Å².